The van der Waals surface area contributed by atoms with Crippen LogP contribution in [-0.2, 0) is 11.3 Å². The molecule has 2 heterocycles. The van der Waals surface area contributed by atoms with E-state index < -0.39 is 11.6 Å². The van der Waals surface area contributed by atoms with Crippen LogP contribution in [0, 0.1) is 11.6 Å². The van der Waals surface area contributed by atoms with E-state index in [9.17, 15) is 18.4 Å². The van der Waals surface area contributed by atoms with Gasteiger partial charge in [-0.05, 0) is 30.3 Å². The Bertz CT molecular complexity index is 1270. The summed E-state index contributed by atoms with van der Waals surface area (Å²) in [4.78, 5) is 28.3. The maximum atomic E-state index is 13.9. The molecule has 0 saturated heterocycles. The first-order valence-electron chi connectivity index (χ1n) is 8.67. The third kappa shape index (κ3) is 4.04. The van der Waals surface area contributed by atoms with E-state index in [0.29, 0.717) is 10.9 Å². The molecule has 0 bridgehead atoms. The molecule has 4 aromatic rings. The highest BCUT2D eigenvalue weighted by Gasteiger charge is 2.13. The second-order valence-corrected chi connectivity index (χ2v) is 7.07. The van der Waals surface area contributed by atoms with Crippen LogP contribution in [0.2, 0.25) is 0 Å². The van der Waals surface area contributed by atoms with Crippen molar-refractivity contribution in [2.24, 2.45) is 0 Å². The van der Waals surface area contributed by atoms with E-state index in [2.05, 4.69) is 15.4 Å². The number of fused-ring (bicyclic) bond motifs is 1. The molecule has 9 heteroatoms. The van der Waals surface area contributed by atoms with Gasteiger partial charge in [0.2, 0.25) is 11.3 Å². The van der Waals surface area contributed by atoms with E-state index in [1.54, 1.807) is 34.3 Å². The lowest BCUT2D eigenvalue weighted by atomic mass is 10.1. The Balaban J connectivity index is 1.45. The number of amides is 1. The van der Waals surface area contributed by atoms with Crippen LogP contribution in [0.5, 0.6) is 0 Å². The summed E-state index contributed by atoms with van der Waals surface area (Å²) >= 11 is 1.12. The number of thiazole rings is 1. The van der Waals surface area contributed by atoms with Gasteiger partial charge in [-0.2, -0.15) is 5.10 Å². The summed E-state index contributed by atoms with van der Waals surface area (Å²) in [6, 6.07) is 10.2. The van der Waals surface area contributed by atoms with E-state index in [1.807, 2.05) is 0 Å². The number of hydrogen-bond donors (Lipinski definition) is 1. The van der Waals surface area contributed by atoms with Crippen LogP contribution in [0.15, 0.2) is 58.8 Å². The van der Waals surface area contributed by atoms with Gasteiger partial charge in [-0.15, -0.1) is 11.3 Å². The number of nitrogens with one attached hydrogen (secondary N) is 1. The molecule has 29 heavy (non-hydrogen) atoms. The highest BCUT2D eigenvalue weighted by atomic mass is 32.1. The number of para-hydroxylation sites is 1. The molecule has 0 saturated carbocycles. The molecule has 0 aliphatic heterocycles. The molecule has 0 aliphatic carbocycles. The molecule has 0 spiro atoms. The third-order valence-corrected chi connectivity index (χ3v) is 5.03. The van der Waals surface area contributed by atoms with Gasteiger partial charge in [-0.1, -0.05) is 12.1 Å². The van der Waals surface area contributed by atoms with Crippen molar-refractivity contribution in [2.45, 2.75) is 13.0 Å². The lowest BCUT2D eigenvalue weighted by Crippen LogP contribution is -2.17. The number of aryl methyl sites for hydroxylation is 1. The van der Waals surface area contributed by atoms with Gasteiger partial charge in [0.15, 0.2) is 5.13 Å². The van der Waals surface area contributed by atoms with Crippen molar-refractivity contribution in [1.82, 2.24) is 14.8 Å². The number of rotatable bonds is 5. The van der Waals surface area contributed by atoms with E-state index in [4.69, 9.17) is 0 Å². The van der Waals surface area contributed by atoms with Crippen molar-refractivity contribution >= 4 is 33.3 Å². The van der Waals surface area contributed by atoms with Crippen molar-refractivity contribution in [3.05, 3.63) is 75.9 Å². The summed E-state index contributed by atoms with van der Waals surface area (Å²) < 4.78 is 28.8. The van der Waals surface area contributed by atoms with E-state index >= 15 is 0 Å². The Labute approximate surface area is 167 Å². The molecule has 0 aliphatic rings. The average Bonchev–Trinajstić information content (AvgIpc) is 3.17. The smallest absolute Gasteiger partial charge is 0.228 e. The molecular formula is C20H14F2N4O2S. The molecule has 2 aromatic heterocycles. The first kappa shape index (κ1) is 18.9. The predicted octanol–water partition coefficient (Wildman–Crippen LogP) is 3.83. The molecule has 4 rings (SSSR count). The van der Waals surface area contributed by atoms with Gasteiger partial charge in [0.05, 0.1) is 24.0 Å². The Hall–Kier alpha value is -3.46. The molecule has 2 aromatic carbocycles. The topological polar surface area (TPSA) is 76.9 Å². The average molecular weight is 412 g/mol. The van der Waals surface area contributed by atoms with Crippen LogP contribution in [0.4, 0.5) is 13.9 Å². The Morgan fingerprint density at radius 1 is 1.17 bits per heavy atom. The van der Waals surface area contributed by atoms with E-state index in [-0.39, 0.29) is 40.7 Å². The molecule has 1 N–H and O–H groups in total. The number of halogens is 2. The van der Waals surface area contributed by atoms with Gasteiger partial charge < -0.3 is 5.32 Å². The Morgan fingerprint density at radius 2 is 2.00 bits per heavy atom. The van der Waals surface area contributed by atoms with Gasteiger partial charge in [0, 0.05) is 22.8 Å². The third-order valence-electron chi connectivity index (χ3n) is 4.27. The Morgan fingerprint density at radius 3 is 2.86 bits per heavy atom. The van der Waals surface area contributed by atoms with Crippen LogP contribution in [0.25, 0.3) is 22.2 Å². The zero-order valence-electron chi connectivity index (χ0n) is 14.9. The molecule has 0 unspecified atom stereocenters. The van der Waals surface area contributed by atoms with Crippen molar-refractivity contribution in [3.8, 4) is 11.3 Å². The largest absolute Gasteiger partial charge is 0.302 e. The van der Waals surface area contributed by atoms with E-state index in [0.717, 1.165) is 29.5 Å². The van der Waals surface area contributed by atoms with Crippen molar-refractivity contribution in [3.63, 3.8) is 0 Å². The molecule has 146 valence electrons. The second-order valence-electron chi connectivity index (χ2n) is 6.21. The SMILES string of the molecule is O=C(CCn1ncc(=O)c2ccccc21)Nc1nc(-c2cc(F)ccc2F)cs1. The fraction of sp³-hybridized carbons (Fsp3) is 0.100. The fourth-order valence-electron chi connectivity index (χ4n) is 2.88. The van der Waals surface area contributed by atoms with E-state index in [1.165, 1.54) is 6.20 Å². The van der Waals surface area contributed by atoms with Crippen LogP contribution in [0.3, 0.4) is 0 Å². The molecular weight excluding hydrogens is 398 g/mol. The van der Waals surface area contributed by atoms with Gasteiger partial charge in [-0.3, -0.25) is 14.3 Å². The highest BCUT2D eigenvalue weighted by Crippen LogP contribution is 2.27. The molecule has 6 nitrogen and oxygen atoms in total. The van der Waals surface area contributed by atoms with Crippen LogP contribution < -0.4 is 10.7 Å². The summed E-state index contributed by atoms with van der Waals surface area (Å²) in [5.41, 5.74) is 0.744. The second kappa shape index (κ2) is 7.88. The number of aromatic nitrogens is 3. The molecule has 0 radical (unpaired) electrons. The number of carbonyl (C=O) groups is 1. The minimum Gasteiger partial charge on any atom is -0.302 e. The lowest BCUT2D eigenvalue weighted by molar-refractivity contribution is -0.116. The predicted molar refractivity (Wildman–Crippen MR) is 107 cm³/mol. The quantitative estimate of drug-likeness (QED) is 0.541. The lowest BCUT2D eigenvalue weighted by Gasteiger charge is -2.08. The summed E-state index contributed by atoms with van der Waals surface area (Å²) in [7, 11) is 0. The monoisotopic (exact) mass is 412 g/mol. The summed E-state index contributed by atoms with van der Waals surface area (Å²) in [6.07, 6.45) is 1.32. The number of benzene rings is 2. The number of anilines is 1. The summed E-state index contributed by atoms with van der Waals surface area (Å²) in [6.45, 7) is 0.267. The first-order valence-corrected chi connectivity index (χ1v) is 9.55. The molecule has 0 atom stereocenters. The van der Waals surface area contributed by atoms with Gasteiger partial charge in [0.1, 0.15) is 11.6 Å². The van der Waals surface area contributed by atoms with Crippen LogP contribution >= 0.6 is 11.3 Å². The number of hydrogen-bond acceptors (Lipinski definition) is 5. The van der Waals surface area contributed by atoms with Crippen molar-refractivity contribution < 1.29 is 13.6 Å². The fourth-order valence-corrected chi connectivity index (χ4v) is 3.60. The number of carbonyl (C=O) groups excluding carboxylic acids is 1. The zero-order chi connectivity index (χ0) is 20.4. The normalized spacial score (nSPS) is 11.0. The van der Waals surface area contributed by atoms with Gasteiger partial charge in [-0.25, -0.2) is 13.8 Å². The van der Waals surface area contributed by atoms with Crippen LogP contribution in [0.1, 0.15) is 6.42 Å². The molecule has 1 amide bonds. The van der Waals surface area contributed by atoms with Gasteiger partial charge >= 0.3 is 0 Å². The molecule has 0 fully saturated rings. The maximum absolute atomic E-state index is 13.9. The van der Waals surface area contributed by atoms with Crippen molar-refractivity contribution in [2.75, 3.05) is 5.32 Å². The zero-order valence-corrected chi connectivity index (χ0v) is 15.7. The highest BCUT2D eigenvalue weighted by molar-refractivity contribution is 7.14. The standard InChI is InChI=1S/C20H14F2N4O2S/c21-12-5-6-15(22)14(9-12)16-11-29-20(24-16)25-19(28)7-8-26-17-4-2-1-3-13(17)18(27)10-23-26/h1-6,9-11H,7-8H2,(H,24,25,28). The minimum atomic E-state index is -0.592. The number of nitrogens with zero attached hydrogens (tertiary/aromatic N) is 3. The van der Waals surface area contributed by atoms with Crippen molar-refractivity contribution in [1.29, 1.82) is 0 Å². The summed E-state index contributed by atoms with van der Waals surface area (Å²) in [5, 5.41) is 9.09. The Kier molecular flexibility index (Phi) is 5.13. The first-order chi connectivity index (χ1) is 14.0. The maximum Gasteiger partial charge on any atom is 0.228 e. The summed E-state index contributed by atoms with van der Waals surface area (Å²) in [5.74, 6) is -1.47. The van der Waals surface area contributed by atoms with Gasteiger partial charge in [0.25, 0.3) is 0 Å². The van der Waals surface area contributed by atoms with Crippen LogP contribution in [-0.4, -0.2) is 20.7 Å². The minimum absolute atomic E-state index is 0.0330.